The molecule has 0 bridgehead atoms. The first-order valence-corrected chi connectivity index (χ1v) is 9.59. The van der Waals surface area contributed by atoms with Gasteiger partial charge >= 0.3 is 0 Å². The normalized spacial score (nSPS) is 11.0. The van der Waals surface area contributed by atoms with Crippen molar-refractivity contribution in [2.24, 2.45) is 5.73 Å². The van der Waals surface area contributed by atoms with Gasteiger partial charge in [0.25, 0.3) is 0 Å². The number of ether oxygens (including phenoxy) is 1. The molecule has 0 aliphatic carbocycles. The summed E-state index contributed by atoms with van der Waals surface area (Å²) in [6, 6.07) is 19.6. The Kier molecular flexibility index (Phi) is 4.80. The first kappa shape index (κ1) is 18.7. The highest BCUT2D eigenvalue weighted by atomic mass is 16.5. The molecule has 4 rings (SSSR count). The molecule has 1 amide bonds. The van der Waals surface area contributed by atoms with Gasteiger partial charge in [-0.3, -0.25) is 4.79 Å². The van der Waals surface area contributed by atoms with E-state index in [0.717, 1.165) is 51.3 Å². The fourth-order valence-electron chi connectivity index (χ4n) is 3.76. The third kappa shape index (κ3) is 3.25. The summed E-state index contributed by atoms with van der Waals surface area (Å²) in [5.41, 5.74) is 13.2. The lowest BCUT2D eigenvalue weighted by Gasteiger charge is -2.16. The Hall–Kier alpha value is -3.60. The second kappa shape index (κ2) is 7.43. The van der Waals surface area contributed by atoms with Gasteiger partial charge in [-0.05, 0) is 60.9 Å². The highest BCUT2D eigenvalue weighted by Gasteiger charge is 2.18. The maximum absolute atomic E-state index is 11.5. The van der Waals surface area contributed by atoms with E-state index in [9.17, 15) is 4.79 Å². The van der Waals surface area contributed by atoms with Crippen LogP contribution in [0.3, 0.4) is 0 Å². The zero-order valence-corrected chi connectivity index (χ0v) is 16.8. The third-order valence-corrected chi connectivity index (χ3v) is 5.25. The van der Waals surface area contributed by atoms with Crippen LogP contribution in [-0.4, -0.2) is 22.6 Å². The first-order valence-electron chi connectivity index (χ1n) is 9.59. The molecular weight excluding hydrogens is 362 g/mol. The zero-order valence-electron chi connectivity index (χ0n) is 16.8. The number of hydrogen-bond donors (Lipinski definition) is 1. The zero-order chi connectivity index (χ0) is 20.5. The number of fused-ring (bicyclic) bond motifs is 1. The topological polar surface area (TPSA) is 69.6 Å². The molecule has 2 aromatic heterocycles. The summed E-state index contributed by atoms with van der Waals surface area (Å²) in [4.78, 5) is 11.5. The van der Waals surface area contributed by atoms with Gasteiger partial charge < -0.3 is 10.5 Å². The van der Waals surface area contributed by atoms with Crippen LogP contribution in [0.15, 0.2) is 60.7 Å². The van der Waals surface area contributed by atoms with E-state index in [1.165, 1.54) is 0 Å². The van der Waals surface area contributed by atoms with Gasteiger partial charge in [-0.1, -0.05) is 31.2 Å². The van der Waals surface area contributed by atoms with Gasteiger partial charge in [0.2, 0.25) is 5.91 Å². The van der Waals surface area contributed by atoms with Crippen LogP contribution in [0.5, 0.6) is 5.75 Å². The molecule has 4 aromatic rings. The molecule has 0 spiro atoms. The summed E-state index contributed by atoms with van der Waals surface area (Å²) < 4.78 is 7.32. The van der Waals surface area contributed by atoms with E-state index in [1.54, 1.807) is 19.2 Å². The molecule has 0 saturated carbocycles. The SMILES string of the molecule is CCc1ccc2c(-c3ccc(C(N)=O)cc3)c(-c3ccc(OC)cc3)c(C)nn12. The predicted octanol–water partition coefficient (Wildman–Crippen LogP) is 4.65. The Labute approximate surface area is 169 Å². The lowest BCUT2D eigenvalue weighted by molar-refractivity contribution is 0.100. The van der Waals surface area contributed by atoms with E-state index in [0.29, 0.717) is 5.56 Å². The maximum Gasteiger partial charge on any atom is 0.248 e. The van der Waals surface area contributed by atoms with Crippen molar-refractivity contribution in [3.05, 3.63) is 77.6 Å². The number of amides is 1. The highest BCUT2D eigenvalue weighted by molar-refractivity contribution is 5.97. The number of methoxy groups -OCH3 is 1. The number of hydrogen-bond acceptors (Lipinski definition) is 3. The number of aromatic nitrogens is 2. The smallest absolute Gasteiger partial charge is 0.248 e. The molecule has 2 aromatic carbocycles. The van der Waals surface area contributed by atoms with Gasteiger partial charge in [0.05, 0.1) is 18.3 Å². The summed E-state index contributed by atoms with van der Waals surface area (Å²) in [7, 11) is 1.66. The van der Waals surface area contributed by atoms with Crippen molar-refractivity contribution in [3.8, 4) is 28.0 Å². The van der Waals surface area contributed by atoms with Crippen molar-refractivity contribution < 1.29 is 9.53 Å². The van der Waals surface area contributed by atoms with Crippen LogP contribution in [0.4, 0.5) is 0 Å². The van der Waals surface area contributed by atoms with Gasteiger partial charge in [0, 0.05) is 22.4 Å². The monoisotopic (exact) mass is 385 g/mol. The minimum absolute atomic E-state index is 0.432. The number of rotatable bonds is 5. The summed E-state index contributed by atoms with van der Waals surface area (Å²) in [5, 5.41) is 4.87. The molecule has 0 saturated heterocycles. The van der Waals surface area contributed by atoms with Gasteiger partial charge in [-0.2, -0.15) is 5.10 Å². The molecule has 0 fully saturated rings. The van der Waals surface area contributed by atoms with E-state index < -0.39 is 5.91 Å². The number of nitrogens with two attached hydrogens (primary N) is 1. The van der Waals surface area contributed by atoms with Crippen molar-refractivity contribution in [2.75, 3.05) is 7.11 Å². The molecule has 2 N–H and O–H groups in total. The van der Waals surface area contributed by atoms with Crippen LogP contribution in [0, 0.1) is 6.92 Å². The van der Waals surface area contributed by atoms with Crippen LogP contribution < -0.4 is 10.5 Å². The number of aryl methyl sites for hydroxylation is 2. The van der Waals surface area contributed by atoms with Crippen LogP contribution in [0.25, 0.3) is 27.8 Å². The summed E-state index contributed by atoms with van der Waals surface area (Å²) in [5.74, 6) is 0.377. The molecule has 0 aliphatic rings. The molecule has 2 heterocycles. The maximum atomic E-state index is 11.5. The molecule has 5 nitrogen and oxygen atoms in total. The summed E-state index contributed by atoms with van der Waals surface area (Å²) in [6.07, 6.45) is 0.891. The van der Waals surface area contributed by atoms with Gasteiger partial charge in [-0.25, -0.2) is 4.52 Å². The standard InChI is InChI=1S/C24H23N3O2/c1-4-19-11-14-21-23(17-5-7-18(8-6-17)24(25)28)22(15(2)26-27(19)21)16-9-12-20(29-3)13-10-16/h5-14H,4H2,1-3H3,(H2,25,28). The Morgan fingerprint density at radius 2 is 1.59 bits per heavy atom. The van der Waals surface area contributed by atoms with E-state index in [-0.39, 0.29) is 0 Å². The minimum atomic E-state index is -0.432. The predicted molar refractivity (Wildman–Crippen MR) is 115 cm³/mol. The Balaban J connectivity index is 2.02. The third-order valence-electron chi connectivity index (χ3n) is 5.25. The molecule has 0 unspecified atom stereocenters. The molecular formula is C24H23N3O2. The lowest BCUT2D eigenvalue weighted by Crippen LogP contribution is -2.10. The van der Waals surface area contributed by atoms with E-state index in [4.69, 9.17) is 15.6 Å². The Morgan fingerprint density at radius 3 is 2.17 bits per heavy atom. The highest BCUT2D eigenvalue weighted by Crippen LogP contribution is 2.38. The van der Waals surface area contributed by atoms with Crippen molar-refractivity contribution >= 4 is 11.4 Å². The molecule has 0 atom stereocenters. The van der Waals surface area contributed by atoms with Crippen molar-refractivity contribution in [3.63, 3.8) is 0 Å². The number of nitrogens with zero attached hydrogens (tertiary/aromatic N) is 2. The Bertz CT molecular complexity index is 1190. The second-order valence-electron chi connectivity index (χ2n) is 6.98. The lowest BCUT2D eigenvalue weighted by atomic mass is 9.93. The number of benzene rings is 2. The summed E-state index contributed by atoms with van der Waals surface area (Å²) >= 11 is 0. The molecule has 0 radical (unpaired) electrons. The largest absolute Gasteiger partial charge is 0.497 e. The molecule has 29 heavy (non-hydrogen) atoms. The van der Waals surface area contributed by atoms with Gasteiger partial charge in [0.15, 0.2) is 0 Å². The number of carbonyl (C=O) groups excluding carboxylic acids is 1. The van der Waals surface area contributed by atoms with Crippen molar-refractivity contribution in [2.45, 2.75) is 20.3 Å². The number of primary amides is 1. The van der Waals surface area contributed by atoms with E-state index in [2.05, 4.69) is 19.1 Å². The minimum Gasteiger partial charge on any atom is -0.497 e. The second-order valence-corrected chi connectivity index (χ2v) is 6.98. The average molecular weight is 385 g/mol. The summed E-state index contributed by atoms with van der Waals surface area (Å²) in [6.45, 7) is 4.15. The van der Waals surface area contributed by atoms with Crippen molar-refractivity contribution in [1.82, 2.24) is 9.61 Å². The number of carbonyl (C=O) groups is 1. The first-order chi connectivity index (χ1) is 14.0. The van der Waals surface area contributed by atoms with Gasteiger partial charge in [0.1, 0.15) is 5.75 Å². The average Bonchev–Trinajstić information content (AvgIpc) is 3.15. The van der Waals surface area contributed by atoms with Crippen molar-refractivity contribution in [1.29, 1.82) is 0 Å². The van der Waals surface area contributed by atoms with Gasteiger partial charge in [-0.15, -0.1) is 0 Å². The fourth-order valence-corrected chi connectivity index (χ4v) is 3.76. The molecule has 146 valence electrons. The molecule has 0 aliphatic heterocycles. The fraction of sp³-hybridized carbons (Fsp3) is 0.167. The van der Waals surface area contributed by atoms with Crippen LogP contribution >= 0.6 is 0 Å². The quantitative estimate of drug-likeness (QED) is 0.544. The van der Waals surface area contributed by atoms with E-state index in [1.807, 2.05) is 47.8 Å². The van der Waals surface area contributed by atoms with E-state index >= 15 is 0 Å². The Morgan fingerprint density at radius 1 is 0.966 bits per heavy atom. The van der Waals surface area contributed by atoms with Crippen LogP contribution in [-0.2, 0) is 6.42 Å². The van der Waals surface area contributed by atoms with Crippen LogP contribution in [0.2, 0.25) is 0 Å². The van der Waals surface area contributed by atoms with Crippen LogP contribution in [0.1, 0.15) is 28.7 Å². The molecule has 5 heteroatoms.